The maximum Gasteiger partial charge on any atom is 0.131 e. The Morgan fingerprint density at radius 2 is 1.85 bits per heavy atom. The van der Waals surface area contributed by atoms with Crippen molar-refractivity contribution in [2.75, 3.05) is 6.61 Å². The molecule has 0 aliphatic carbocycles. The molecule has 2 heteroatoms. The largest absolute Gasteiger partial charge is 0.492 e. The van der Waals surface area contributed by atoms with Crippen LogP contribution < -0.4 is 10.5 Å². The summed E-state index contributed by atoms with van der Waals surface area (Å²) in [6, 6.07) is 12.5. The van der Waals surface area contributed by atoms with Crippen LogP contribution in [0.1, 0.15) is 45.2 Å². The molecular formula is C18H25NO. The minimum atomic E-state index is -0.0175. The summed E-state index contributed by atoms with van der Waals surface area (Å²) in [5.74, 6) is 1.53. The summed E-state index contributed by atoms with van der Waals surface area (Å²) in [5, 5.41) is 2.36. The Bertz CT molecular complexity index is 562. The Balaban J connectivity index is 2.34. The lowest BCUT2D eigenvalue weighted by atomic mass is 10.0. The van der Waals surface area contributed by atoms with Crippen molar-refractivity contribution in [1.29, 1.82) is 0 Å². The van der Waals surface area contributed by atoms with Gasteiger partial charge in [0.1, 0.15) is 5.75 Å². The first kappa shape index (κ1) is 14.9. The number of hydrogen-bond acceptors (Lipinski definition) is 2. The molecule has 2 aromatic carbocycles. The summed E-state index contributed by atoms with van der Waals surface area (Å²) in [5.41, 5.74) is 7.18. The molecule has 0 bridgehead atoms. The van der Waals surface area contributed by atoms with Gasteiger partial charge in [-0.2, -0.15) is 0 Å². The van der Waals surface area contributed by atoms with Crippen molar-refractivity contribution in [3.63, 3.8) is 0 Å². The van der Waals surface area contributed by atoms with E-state index in [1.54, 1.807) is 0 Å². The van der Waals surface area contributed by atoms with Crippen molar-refractivity contribution < 1.29 is 4.74 Å². The van der Waals surface area contributed by atoms with E-state index in [1.165, 1.54) is 18.2 Å². The Morgan fingerprint density at radius 3 is 2.55 bits per heavy atom. The quantitative estimate of drug-likeness (QED) is 0.828. The van der Waals surface area contributed by atoms with Gasteiger partial charge in [0.2, 0.25) is 0 Å². The maximum absolute atomic E-state index is 6.15. The summed E-state index contributed by atoms with van der Waals surface area (Å²) in [7, 11) is 0. The van der Waals surface area contributed by atoms with Crippen LogP contribution in [0.5, 0.6) is 5.75 Å². The average molecular weight is 271 g/mol. The standard InChI is InChI=1S/C18H25NO/c1-4-7-13(2)12-20-18-16(14(3)19)11-10-15-8-5-6-9-17(15)18/h5-6,8-11,13-14H,4,7,12,19H2,1-3H3/t13?,14-/m1/s1. The summed E-state index contributed by atoms with van der Waals surface area (Å²) < 4.78 is 6.15. The normalized spacial score (nSPS) is 14.2. The first-order valence-electron chi connectivity index (χ1n) is 7.53. The van der Waals surface area contributed by atoms with E-state index in [-0.39, 0.29) is 6.04 Å². The molecular weight excluding hydrogens is 246 g/mol. The van der Waals surface area contributed by atoms with Gasteiger partial charge in [0.05, 0.1) is 6.61 Å². The lowest BCUT2D eigenvalue weighted by Gasteiger charge is -2.19. The second-order valence-electron chi connectivity index (χ2n) is 5.70. The molecule has 0 saturated carbocycles. The van der Waals surface area contributed by atoms with Gasteiger partial charge in [0.15, 0.2) is 0 Å². The SMILES string of the molecule is CCCC(C)COc1c([C@@H](C)N)ccc2ccccc12. The van der Waals surface area contributed by atoms with Gasteiger partial charge >= 0.3 is 0 Å². The maximum atomic E-state index is 6.15. The van der Waals surface area contributed by atoms with Gasteiger partial charge in [0.25, 0.3) is 0 Å². The van der Waals surface area contributed by atoms with E-state index >= 15 is 0 Å². The van der Waals surface area contributed by atoms with Crippen LogP contribution >= 0.6 is 0 Å². The van der Waals surface area contributed by atoms with Crippen molar-refractivity contribution in [3.05, 3.63) is 42.0 Å². The molecule has 20 heavy (non-hydrogen) atoms. The molecule has 0 aliphatic heterocycles. The zero-order valence-corrected chi connectivity index (χ0v) is 12.7. The molecule has 2 N–H and O–H groups in total. The summed E-state index contributed by atoms with van der Waals surface area (Å²) in [4.78, 5) is 0. The molecule has 0 radical (unpaired) electrons. The molecule has 0 saturated heterocycles. The first-order valence-corrected chi connectivity index (χ1v) is 7.53. The molecule has 0 fully saturated rings. The molecule has 0 aromatic heterocycles. The molecule has 0 amide bonds. The Labute approximate surface area is 121 Å². The monoisotopic (exact) mass is 271 g/mol. The van der Waals surface area contributed by atoms with Gasteiger partial charge in [-0.1, -0.05) is 56.7 Å². The van der Waals surface area contributed by atoms with Crippen LogP contribution in [0.2, 0.25) is 0 Å². The molecule has 0 heterocycles. The molecule has 0 spiro atoms. The third-order valence-electron chi connectivity index (χ3n) is 3.69. The minimum Gasteiger partial charge on any atom is -0.492 e. The second kappa shape index (κ2) is 6.76. The topological polar surface area (TPSA) is 35.2 Å². The molecule has 2 rings (SSSR count). The van der Waals surface area contributed by atoms with Crippen LogP contribution in [-0.2, 0) is 0 Å². The third-order valence-corrected chi connectivity index (χ3v) is 3.69. The van der Waals surface area contributed by atoms with Crippen LogP contribution in [0.4, 0.5) is 0 Å². The van der Waals surface area contributed by atoms with Gasteiger partial charge in [-0.3, -0.25) is 0 Å². The predicted octanol–water partition coefficient (Wildman–Crippen LogP) is 4.67. The number of hydrogen-bond donors (Lipinski definition) is 1. The van der Waals surface area contributed by atoms with Crippen molar-refractivity contribution in [1.82, 2.24) is 0 Å². The van der Waals surface area contributed by atoms with E-state index in [2.05, 4.69) is 50.2 Å². The minimum absolute atomic E-state index is 0.0175. The van der Waals surface area contributed by atoms with Crippen LogP contribution in [-0.4, -0.2) is 6.61 Å². The highest BCUT2D eigenvalue weighted by Gasteiger charge is 2.13. The highest BCUT2D eigenvalue weighted by molar-refractivity contribution is 5.89. The van der Waals surface area contributed by atoms with Gasteiger partial charge in [-0.25, -0.2) is 0 Å². The Morgan fingerprint density at radius 1 is 1.10 bits per heavy atom. The van der Waals surface area contributed by atoms with Gasteiger partial charge in [-0.05, 0) is 24.6 Å². The zero-order chi connectivity index (χ0) is 14.5. The average Bonchev–Trinajstić information content (AvgIpc) is 2.44. The van der Waals surface area contributed by atoms with Crippen molar-refractivity contribution in [2.45, 2.75) is 39.7 Å². The van der Waals surface area contributed by atoms with Crippen LogP contribution in [0.3, 0.4) is 0 Å². The van der Waals surface area contributed by atoms with Crippen molar-refractivity contribution in [2.24, 2.45) is 11.7 Å². The van der Waals surface area contributed by atoms with Gasteiger partial charge in [0, 0.05) is 17.0 Å². The highest BCUT2D eigenvalue weighted by Crippen LogP contribution is 2.33. The smallest absolute Gasteiger partial charge is 0.131 e. The van der Waals surface area contributed by atoms with Crippen molar-refractivity contribution in [3.8, 4) is 5.75 Å². The number of fused-ring (bicyclic) bond motifs is 1. The van der Waals surface area contributed by atoms with Crippen LogP contribution in [0.25, 0.3) is 10.8 Å². The molecule has 2 aromatic rings. The van der Waals surface area contributed by atoms with E-state index in [4.69, 9.17) is 10.5 Å². The van der Waals surface area contributed by atoms with E-state index in [9.17, 15) is 0 Å². The number of benzene rings is 2. The molecule has 2 atom stereocenters. The molecule has 108 valence electrons. The van der Waals surface area contributed by atoms with E-state index in [0.717, 1.165) is 23.3 Å². The van der Waals surface area contributed by atoms with Gasteiger partial charge in [-0.15, -0.1) is 0 Å². The number of ether oxygens (including phenoxy) is 1. The van der Waals surface area contributed by atoms with E-state index in [1.807, 2.05) is 6.92 Å². The summed E-state index contributed by atoms with van der Waals surface area (Å²) in [6.07, 6.45) is 2.39. The summed E-state index contributed by atoms with van der Waals surface area (Å²) >= 11 is 0. The molecule has 0 aliphatic rings. The van der Waals surface area contributed by atoms with Crippen LogP contribution in [0.15, 0.2) is 36.4 Å². The van der Waals surface area contributed by atoms with E-state index in [0.29, 0.717) is 5.92 Å². The lowest BCUT2D eigenvalue weighted by molar-refractivity contribution is 0.251. The van der Waals surface area contributed by atoms with Gasteiger partial charge < -0.3 is 10.5 Å². The lowest BCUT2D eigenvalue weighted by Crippen LogP contribution is -2.12. The third kappa shape index (κ3) is 3.31. The van der Waals surface area contributed by atoms with Crippen molar-refractivity contribution >= 4 is 10.8 Å². The molecule has 1 unspecified atom stereocenters. The molecule has 2 nitrogen and oxygen atoms in total. The highest BCUT2D eigenvalue weighted by atomic mass is 16.5. The number of rotatable bonds is 6. The van der Waals surface area contributed by atoms with Crippen LogP contribution in [0, 0.1) is 5.92 Å². The Hall–Kier alpha value is -1.54. The summed E-state index contributed by atoms with van der Waals surface area (Å²) in [6.45, 7) is 7.20. The first-order chi connectivity index (χ1) is 9.63. The second-order valence-corrected chi connectivity index (χ2v) is 5.70. The van der Waals surface area contributed by atoms with E-state index < -0.39 is 0 Å². The number of nitrogens with two attached hydrogens (primary N) is 1. The fourth-order valence-corrected chi connectivity index (χ4v) is 2.58. The predicted molar refractivity (Wildman–Crippen MR) is 86.1 cm³/mol. The zero-order valence-electron chi connectivity index (χ0n) is 12.7. The fraction of sp³-hybridized carbons (Fsp3) is 0.444. The Kier molecular flexibility index (Phi) is 5.02. The fourth-order valence-electron chi connectivity index (χ4n) is 2.58.